The highest BCUT2D eigenvalue weighted by Gasteiger charge is 2.27. The van der Waals surface area contributed by atoms with Gasteiger partial charge in [-0.3, -0.25) is 14.6 Å². The van der Waals surface area contributed by atoms with E-state index in [0.29, 0.717) is 11.4 Å². The van der Waals surface area contributed by atoms with Crippen LogP contribution in [0.5, 0.6) is 11.8 Å². The average molecular weight is 589 g/mol. The molecule has 5 rings (SSSR count). The number of aliphatic hydroxyl groups excluding tert-OH is 1. The van der Waals surface area contributed by atoms with Gasteiger partial charge < -0.3 is 25.3 Å². The first-order valence-corrected chi connectivity index (χ1v) is 12.7. The van der Waals surface area contributed by atoms with Crippen LogP contribution in [0.1, 0.15) is 21.7 Å². The molecular weight excluding hydrogens is 565 g/mol. The van der Waals surface area contributed by atoms with E-state index in [2.05, 4.69) is 26.8 Å². The standard InChI is InChI=1S/C30H23F3N6O4/c1-15-7-9-35-30(37-15)43-24-6-3-17(11-22(24)33)25-26(28(34)41)23-13-36-19(8-10-40)14-39(23)27(25)20-5-4-18(12-21(20)32)38-29(42)16(2)31/h3-7,9,11-14,40H,2,8,10H2,1H3,(H2,34,41)(H,38,42). The van der Waals surface area contributed by atoms with Gasteiger partial charge in [0.1, 0.15) is 5.82 Å². The van der Waals surface area contributed by atoms with E-state index in [1.54, 1.807) is 13.0 Å². The van der Waals surface area contributed by atoms with E-state index >= 15 is 8.78 Å². The molecule has 5 aromatic rings. The number of aliphatic hydroxyl groups is 1. The van der Waals surface area contributed by atoms with Gasteiger partial charge in [0.05, 0.1) is 28.7 Å². The number of carbonyl (C=O) groups is 2. The zero-order valence-corrected chi connectivity index (χ0v) is 22.6. The highest BCUT2D eigenvalue weighted by atomic mass is 19.1. The molecule has 0 aliphatic heterocycles. The second-order valence-corrected chi connectivity index (χ2v) is 9.35. The van der Waals surface area contributed by atoms with Gasteiger partial charge in [0.15, 0.2) is 17.4 Å². The van der Waals surface area contributed by atoms with E-state index in [1.807, 2.05) is 0 Å². The Morgan fingerprint density at radius 1 is 1.12 bits per heavy atom. The first-order chi connectivity index (χ1) is 20.6. The van der Waals surface area contributed by atoms with E-state index in [4.69, 9.17) is 10.5 Å². The number of nitrogens with zero attached hydrogens (tertiary/aromatic N) is 4. The Morgan fingerprint density at radius 3 is 2.56 bits per heavy atom. The Kier molecular flexibility index (Phi) is 7.90. The molecule has 2 amide bonds. The molecule has 0 unspecified atom stereocenters. The molecule has 2 aromatic carbocycles. The second-order valence-electron chi connectivity index (χ2n) is 9.35. The number of amides is 2. The molecule has 218 valence electrons. The number of benzene rings is 2. The number of hydrogen-bond acceptors (Lipinski definition) is 7. The fraction of sp³-hybridized carbons (Fsp3) is 0.100. The number of fused-ring (bicyclic) bond motifs is 1. The number of hydrogen-bond donors (Lipinski definition) is 3. The Bertz CT molecular complexity index is 1920. The first-order valence-electron chi connectivity index (χ1n) is 12.7. The number of anilines is 1. The summed E-state index contributed by atoms with van der Waals surface area (Å²) < 4.78 is 51.3. The third kappa shape index (κ3) is 5.78. The number of primary amides is 1. The lowest BCUT2D eigenvalue weighted by atomic mass is 9.96. The topological polar surface area (TPSA) is 145 Å². The molecule has 3 aromatic heterocycles. The summed E-state index contributed by atoms with van der Waals surface area (Å²) in [4.78, 5) is 36.9. The summed E-state index contributed by atoms with van der Waals surface area (Å²) in [6, 6.07) is 9.01. The predicted octanol–water partition coefficient (Wildman–Crippen LogP) is 4.89. The summed E-state index contributed by atoms with van der Waals surface area (Å²) in [6.07, 6.45) is 4.46. The number of rotatable bonds is 9. The number of aryl methyl sites for hydroxylation is 1. The van der Waals surface area contributed by atoms with Crippen molar-refractivity contribution in [3.63, 3.8) is 0 Å². The molecule has 10 nitrogen and oxygen atoms in total. The van der Waals surface area contributed by atoms with Crippen LogP contribution in [0.2, 0.25) is 0 Å². The number of nitrogens with one attached hydrogen (secondary N) is 1. The minimum atomic E-state index is -1.26. The Balaban J connectivity index is 1.72. The predicted molar refractivity (Wildman–Crippen MR) is 151 cm³/mol. The van der Waals surface area contributed by atoms with Crippen LogP contribution in [0.3, 0.4) is 0 Å². The number of nitrogens with two attached hydrogens (primary N) is 1. The quantitative estimate of drug-likeness (QED) is 0.208. The summed E-state index contributed by atoms with van der Waals surface area (Å²) in [5.41, 5.74) is 7.15. The zero-order chi connectivity index (χ0) is 30.8. The van der Waals surface area contributed by atoms with Crippen LogP contribution in [0, 0.1) is 18.6 Å². The van der Waals surface area contributed by atoms with E-state index in [0.717, 1.165) is 12.1 Å². The molecule has 0 atom stereocenters. The fourth-order valence-electron chi connectivity index (χ4n) is 4.53. The smallest absolute Gasteiger partial charge is 0.322 e. The van der Waals surface area contributed by atoms with E-state index in [1.165, 1.54) is 47.3 Å². The van der Waals surface area contributed by atoms with Crippen molar-refractivity contribution in [3.8, 4) is 34.1 Å². The van der Waals surface area contributed by atoms with Gasteiger partial charge in [0, 0.05) is 47.9 Å². The lowest BCUT2D eigenvalue weighted by Crippen LogP contribution is -2.12. The van der Waals surface area contributed by atoms with Crippen molar-refractivity contribution in [2.24, 2.45) is 5.73 Å². The first kappa shape index (κ1) is 29.0. The second kappa shape index (κ2) is 11.7. The van der Waals surface area contributed by atoms with E-state index in [-0.39, 0.29) is 63.9 Å². The average Bonchev–Trinajstić information content (AvgIpc) is 3.29. The van der Waals surface area contributed by atoms with Crippen molar-refractivity contribution in [2.75, 3.05) is 11.9 Å². The number of halogens is 3. The third-order valence-electron chi connectivity index (χ3n) is 6.41. The number of ether oxygens (including phenoxy) is 1. The molecule has 0 radical (unpaired) electrons. The van der Waals surface area contributed by atoms with Crippen LogP contribution in [-0.4, -0.2) is 42.9 Å². The highest BCUT2D eigenvalue weighted by Crippen LogP contribution is 2.42. The molecule has 3 heterocycles. The molecule has 4 N–H and O–H groups in total. The van der Waals surface area contributed by atoms with Gasteiger partial charge in [-0.2, -0.15) is 0 Å². The molecule has 0 bridgehead atoms. The van der Waals surface area contributed by atoms with Crippen molar-refractivity contribution in [1.29, 1.82) is 0 Å². The van der Waals surface area contributed by atoms with Crippen LogP contribution < -0.4 is 15.8 Å². The van der Waals surface area contributed by atoms with Gasteiger partial charge in [-0.15, -0.1) is 0 Å². The fourth-order valence-corrected chi connectivity index (χ4v) is 4.53. The normalized spacial score (nSPS) is 11.0. The Morgan fingerprint density at radius 2 is 1.91 bits per heavy atom. The van der Waals surface area contributed by atoms with Gasteiger partial charge >= 0.3 is 6.01 Å². The monoisotopic (exact) mass is 588 g/mol. The largest absolute Gasteiger partial charge is 0.421 e. The van der Waals surface area contributed by atoms with E-state index in [9.17, 15) is 19.1 Å². The molecule has 0 aliphatic rings. The number of aromatic nitrogens is 4. The summed E-state index contributed by atoms with van der Waals surface area (Å²) in [5, 5.41) is 11.6. The SMILES string of the molecule is C=C(F)C(=O)Nc1ccc(-c2c(-c3ccc(Oc4nccc(C)n4)c(F)c3)c(C(N)=O)c3cnc(CCO)cn23)c(F)c1. The maximum Gasteiger partial charge on any atom is 0.322 e. The summed E-state index contributed by atoms with van der Waals surface area (Å²) in [7, 11) is 0. The third-order valence-corrected chi connectivity index (χ3v) is 6.41. The van der Waals surface area contributed by atoms with Crippen LogP contribution in [0.4, 0.5) is 18.9 Å². The van der Waals surface area contributed by atoms with Crippen molar-refractivity contribution >= 4 is 23.0 Å². The number of carbonyl (C=O) groups excluding carboxylic acids is 2. The maximum absolute atomic E-state index is 15.7. The lowest BCUT2D eigenvalue weighted by Gasteiger charge is -2.12. The molecule has 0 fully saturated rings. The minimum absolute atomic E-state index is 0.0591. The van der Waals surface area contributed by atoms with Gasteiger partial charge in [-0.1, -0.05) is 12.6 Å². The lowest BCUT2D eigenvalue weighted by molar-refractivity contribution is -0.114. The van der Waals surface area contributed by atoms with Crippen LogP contribution >= 0.6 is 0 Å². The molecular formula is C30H23F3N6O4. The van der Waals surface area contributed by atoms with Crippen LogP contribution in [0.15, 0.2) is 73.5 Å². The highest BCUT2D eigenvalue weighted by molar-refractivity contribution is 6.11. The van der Waals surface area contributed by atoms with Gasteiger partial charge in [0.25, 0.3) is 11.8 Å². The van der Waals surface area contributed by atoms with Gasteiger partial charge in [0.2, 0.25) is 0 Å². The molecule has 0 spiro atoms. The summed E-state index contributed by atoms with van der Waals surface area (Å²) in [5.74, 6) is -5.20. The Hall–Kier alpha value is -5.56. The van der Waals surface area contributed by atoms with Crippen molar-refractivity contribution < 1.29 is 32.6 Å². The van der Waals surface area contributed by atoms with Crippen LogP contribution in [0.25, 0.3) is 27.9 Å². The van der Waals surface area contributed by atoms with Crippen molar-refractivity contribution in [2.45, 2.75) is 13.3 Å². The Labute approximate surface area is 242 Å². The molecule has 13 heteroatoms. The van der Waals surface area contributed by atoms with Crippen LogP contribution in [-0.2, 0) is 11.2 Å². The minimum Gasteiger partial charge on any atom is -0.421 e. The van der Waals surface area contributed by atoms with Crippen molar-refractivity contribution in [1.82, 2.24) is 19.4 Å². The van der Waals surface area contributed by atoms with Gasteiger partial charge in [-0.25, -0.2) is 23.1 Å². The van der Waals surface area contributed by atoms with Gasteiger partial charge in [-0.05, 0) is 48.9 Å². The zero-order valence-electron chi connectivity index (χ0n) is 22.6. The molecule has 43 heavy (non-hydrogen) atoms. The molecule has 0 saturated heterocycles. The summed E-state index contributed by atoms with van der Waals surface area (Å²) >= 11 is 0. The van der Waals surface area contributed by atoms with Crippen molar-refractivity contribution in [3.05, 3.63) is 102 Å². The summed E-state index contributed by atoms with van der Waals surface area (Å²) in [6.45, 7) is 4.40. The molecule has 0 aliphatic carbocycles. The maximum atomic E-state index is 15.7. The molecule has 0 saturated carbocycles. The van der Waals surface area contributed by atoms with E-state index < -0.39 is 29.3 Å².